The van der Waals surface area contributed by atoms with E-state index in [0.29, 0.717) is 17.6 Å². The number of hydrogen-bond donors (Lipinski definition) is 1. The molecule has 3 rings (SSSR count). The third-order valence-electron chi connectivity index (χ3n) is 5.11. The molecule has 1 atom stereocenters. The SMILES string of the molecule is CCC(C)n1c(O)c(C(=O)c2oc3cc(Br)ccc3c2C)c(C)c(C#N)c1=O. The molecule has 28 heavy (non-hydrogen) atoms. The van der Waals surface area contributed by atoms with E-state index < -0.39 is 17.2 Å². The molecule has 0 bridgehead atoms. The molecule has 1 unspecified atom stereocenters. The van der Waals surface area contributed by atoms with Gasteiger partial charge in [0.15, 0.2) is 5.76 Å². The molecule has 0 saturated heterocycles. The van der Waals surface area contributed by atoms with Crippen molar-refractivity contribution in [2.45, 2.75) is 40.2 Å². The van der Waals surface area contributed by atoms with Gasteiger partial charge < -0.3 is 9.52 Å². The van der Waals surface area contributed by atoms with Crippen LogP contribution in [0.15, 0.2) is 31.9 Å². The maximum absolute atomic E-state index is 13.3. The smallest absolute Gasteiger partial charge is 0.271 e. The molecule has 7 heteroatoms. The van der Waals surface area contributed by atoms with E-state index in [-0.39, 0.29) is 28.5 Å². The van der Waals surface area contributed by atoms with E-state index in [1.807, 2.05) is 25.1 Å². The summed E-state index contributed by atoms with van der Waals surface area (Å²) < 4.78 is 7.69. The molecule has 0 spiro atoms. The van der Waals surface area contributed by atoms with Crippen molar-refractivity contribution in [3.63, 3.8) is 0 Å². The van der Waals surface area contributed by atoms with Gasteiger partial charge in [-0.05, 0) is 51.0 Å². The highest BCUT2D eigenvalue weighted by Gasteiger charge is 2.29. The van der Waals surface area contributed by atoms with Crippen LogP contribution in [0.1, 0.15) is 59.1 Å². The number of carbonyl (C=O) groups excluding carboxylic acids is 1. The summed E-state index contributed by atoms with van der Waals surface area (Å²) in [5, 5.41) is 21.0. The summed E-state index contributed by atoms with van der Waals surface area (Å²) >= 11 is 3.37. The number of rotatable bonds is 4. The average Bonchev–Trinajstić information content (AvgIpc) is 2.97. The van der Waals surface area contributed by atoms with E-state index in [0.717, 1.165) is 14.4 Å². The van der Waals surface area contributed by atoms with Crippen LogP contribution in [-0.4, -0.2) is 15.5 Å². The van der Waals surface area contributed by atoms with Crippen molar-refractivity contribution in [2.75, 3.05) is 0 Å². The predicted molar refractivity (Wildman–Crippen MR) is 109 cm³/mol. The summed E-state index contributed by atoms with van der Waals surface area (Å²) in [7, 11) is 0. The summed E-state index contributed by atoms with van der Waals surface area (Å²) in [5.74, 6) is -0.931. The molecule has 0 aliphatic carbocycles. The van der Waals surface area contributed by atoms with Gasteiger partial charge in [0.2, 0.25) is 11.7 Å². The van der Waals surface area contributed by atoms with Gasteiger partial charge in [-0.1, -0.05) is 22.9 Å². The number of nitriles is 1. The predicted octanol–water partition coefficient (Wildman–Crippen LogP) is 4.75. The Kier molecular flexibility index (Phi) is 5.18. The first kappa shape index (κ1) is 19.9. The van der Waals surface area contributed by atoms with Gasteiger partial charge in [0.25, 0.3) is 5.56 Å². The minimum absolute atomic E-state index is 0.0738. The average molecular weight is 443 g/mol. The summed E-state index contributed by atoms with van der Waals surface area (Å²) in [6, 6.07) is 6.93. The number of aryl methyl sites for hydroxylation is 1. The van der Waals surface area contributed by atoms with Gasteiger partial charge >= 0.3 is 0 Å². The first-order valence-electron chi connectivity index (χ1n) is 8.84. The number of fused-ring (bicyclic) bond motifs is 1. The molecule has 144 valence electrons. The highest BCUT2D eigenvalue weighted by molar-refractivity contribution is 9.10. The van der Waals surface area contributed by atoms with Gasteiger partial charge in [0.1, 0.15) is 17.2 Å². The molecule has 0 radical (unpaired) electrons. The molecule has 3 aromatic rings. The van der Waals surface area contributed by atoms with Crippen molar-refractivity contribution in [2.24, 2.45) is 0 Å². The van der Waals surface area contributed by atoms with Crippen LogP contribution in [-0.2, 0) is 0 Å². The Labute approximate surface area is 170 Å². The van der Waals surface area contributed by atoms with Gasteiger partial charge in [0.05, 0.1) is 5.56 Å². The van der Waals surface area contributed by atoms with Crippen molar-refractivity contribution in [1.29, 1.82) is 5.26 Å². The molecular weight excluding hydrogens is 424 g/mol. The molecule has 1 N–H and O–H groups in total. The van der Waals surface area contributed by atoms with E-state index in [1.165, 1.54) is 6.92 Å². The fourth-order valence-electron chi connectivity index (χ4n) is 3.31. The maximum Gasteiger partial charge on any atom is 0.271 e. The second kappa shape index (κ2) is 7.28. The molecule has 2 aromatic heterocycles. The second-order valence-electron chi connectivity index (χ2n) is 6.77. The molecule has 0 amide bonds. The highest BCUT2D eigenvalue weighted by atomic mass is 79.9. The fraction of sp³-hybridized carbons (Fsp3) is 0.286. The zero-order valence-corrected chi connectivity index (χ0v) is 17.5. The van der Waals surface area contributed by atoms with Crippen molar-refractivity contribution in [3.8, 4) is 11.9 Å². The van der Waals surface area contributed by atoms with Crippen molar-refractivity contribution in [3.05, 3.63) is 61.0 Å². The zero-order valence-electron chi connectivity index (χ0n) is 16.0. The Bertz CT molecular complexity index is 1210. The number of nitrogens with zero attached hydrogens (tertiary/aromatic N) is 2. The van der Waals surface area contributed by atoms with Gasteiger partial charge in [-0.3, -0.25) is 14.2 Å². The van der Waals surface area contributed by atoms with Crippen LogP contribution in [0.25, 0.3) is 11.0 Å². The largest absolute Gasteiger partial charge is 0.494 e. The number of hydrogen-bond acceptors (Lipinski definition) is 5. The van der Waals surface area contributed by atoms with Crippen molar-refractivity contribution in [1.82, 2.24) is 4.57 Å². The second-order valence-corrected chi connectivity index (χ2v) is 7.68. The quantitative estimate of drug-likeness (QED) is 0.587. The Balaban J connectivity index is 2.32. The molecule has 0 aliphatic rings. The Morgan fingerprint density at radius 1 is 1.36 bits per heavy atom. The van der Waals surface area contributed by atoms with Crippen LogP contribution < -0.4 is 5.56 Å². The van der Waals surface area contributed by atoms with Crippen molar-refractivity contribution < 1.29 is 14.3 Å². The van der Waals surface area contributed by atoms with E-state index in [1.54, 1.807) is 19.9 Å². The molecule has 0 aliphatic heterocycles. The van der Waals surface area contributed by atoms with Gasteiger partial charge in [-0.25, -0.2) is 0 Å². The van der Waals surface area contributed by atoms with Gasteiger partial charge in [0, 0.05) is 21.5 Å². The molecule has 2 heterocycles. The van der Waals surface area contributed by atoms with Crippen LogP contribution in [0.5, 0.6) is 5.88 Å². The van der Waals surface area contributed by atoms with Crippen LogP contribution in [0.2, 0.25) is 0 Å². The lowest BCUT2D eigenvalue weighted by Gasteiger charge is -2.19. The monoisotopic (exact) mass is 442 g/mol. The summed E-state index contributed by atoms with van der Waals surface area (Å²) in [6.07, 6.45) is 0.548. The molecular formula is C21H19BrN2O4. The number of benzene rings is 1. The zero-order chi connectivity index (χ0) is 20.7. The van der Waals surface area contributed by atoms with E-state index in [2.05, 4.69) is 15.9 Å². The number of carbonyl (C=O) groups is 1. The summed E-state index contributed by atoms with van der Waals surface area (Å²) in [5.41, 5.74) is 0.467. The lowest BCUT2D eigenvalue weighted by Crippen LogP contribution is -2.28. The lowest BCUT2D eigenvalue weighted by molar-refractivity contribution is 0.100. The molecule has 0 saturated carbocycles. The number of ketones is 1. The molecule has 1 aromatic carbocycles. The summed E-state index contributed by atoms with van der Waals surface area (Å²) in [6.45, 7) is 6.85. The number of furan rings is 1. The normalized spacial score (nSPS) is 12.1. The van der Waals surface area contributed by atoms with Gasteiger partial charge in [-0.15, -0.1) is 0 Å². The van der Waals surface area contributed by atoms with Gasteiger partial charge in [-0.2, -0.15) is 5.26 Å². The summed E-state index contributed by atoms with van der Waals surface area (Å²) in [4.78, 5) is 26.0. The first-order chi connectivity index (χ1) is 13.2. The number of halogens is 1. The minimum Gasteiger partial charge on any atom is -0.494 e. The fourth-order valence-corrected chi connectivity index (χ4v) is 3.65. The van der Waals surface area contributed by atoms with E-state index in [9.17, 15) is 20.0 Å². The maximum atomic E-state index is 13.3. The van der Waals surface area contributed by atoms with Crippen molar-refractivity contribution >= 4 is 32.7 Å². The standard InChI is InChI=1S/C21H19BrN2O4/c1-5-10(2)24-20(26)15(9-23)11(3)17(21(24)27)18(25)19-12(4)14-7-6-13(22)8-16(14)28-19/h6-8,10,27H,5H2,1-4H3. The van der Waals surface area contributed by atoms with Crippen LogP contribution >= 0.6 is 15.9 Å². The Hall–Kier alpha value is -2.85. The Morgan fingerprint density at radius 3 is 2.64 bits per heavy atom. The van der Waals surface area contributed by atoms with Crippen LogP contribution in [0.3, 0.4) is 0 Å². The lowest BCUT2D eigenvalue weighted by atomic mass is 9.98. The minimum atomic E-state index is -0.603. The van der Waals surface area contributed by atoms with E-state index >= 15 is 0 Å². The third kappa shape index (κ3) is 2.94. The van der Waals surface area contributed by atoms with E-state index in [4.69, 9.17) is 4.42 Å². The topological polar surface area (TPSA) is 96.2 Å². The highest BCUT2D eigenvalue weighted by Crippen LogP contribution is 2.33. The Morgan fingerprint density at radius 2 is 2.04 bits per heavy atom. The molecule has 6 nitrogen and oxygen atoms in total. The third-order valence-corrected chi connectivity index (χ3v) is 5.60. The molecule has 0 fully saturated rings. The number of aromatic nitrogens is 1. The van der Waals surface area contributed by atoms with Crippen LogP contribution in [0.4, 0.5) is 0 Å². The van der Waals surface area contributed by atoms with Crippen LogP contribution in [0, 0.1) is 25.2 Å². The number of pyridine rings is 1. The number of aromatic hydroxyl groups is 1. The first-order valence-corrected chi connectivity index (χ1v) is 9.63.